The smallest absolute Gasteiger partial charge is 0.243 e. The normalized spacial score (nSPS) is 14.6. The molecule has 0 fully saturated rings. The van der Waals surface area contributed by atoms with Gasteiger partial charge in [-0.2, -0.15) is 8.78 Å². The average Bonchev–Trinajstić information content (AvgIpc) is 3.15. The highest BCUT2D eigenvalue weighted by molar-refractivity contribution is 5.91. The van der Waals surface area contributed by atoms with Crippen molar-refractivity contribution in [3.63, 3.8) is 0 Å². The van der Waals surface area contributed by atoms with Gasteiger partial charge in [0.15, 0.2) is 17.4 Å². The third-order valence-electron chi connectivity index (χ3n) is 9.60. The van der Waals surface area contributed by atoms with Gasteiger partial charge in [0.2, 0.25) is 35.3 Å². The molecule has 2 aromatic carbocycles. The number of rotatable bonds is 23. The minimum atomic E-state index is -2.01. The first-order valence-corrected chi connectivity index (χ1v) is 19.3. The number of phenols is 1. The lowest BCUT2D eigenvalue weighted by atomic mass is 9.96. The van der Waals surface area contributed by atoms with Crippen LogP contribution in [0.5, 0.6) is 5.75 Å². The second-order valence-electron chi connectivity index (χ2n) is 14.9. The number of carbonyl (C=O) groups is 4. The highest BCUT2D eigenvalue weighted by Gasteiger charge is 2.33. The zero-order valence-corrected chi connectivity index (χ0v) is 33.8. The summed E-state index contributed by atoms with van der Waals surface area (Å²) < 4.78 is 58.0. The van der Waals surface area contributed by atoms with E-state index in [9.17, 15) is 41.8 Å². The largest absolute Gasteiger partial charge is 0.503 e. The van der Waals surface area contributed by atoms with Gasteiger partial charge in [0.1, 0.15) is 18.1 Å². The van der Waals surface area contributed by atoms with Crippen LogP contribution < -0.4 is 31.9 Å². The molecule has 0 aliphatic carbocycles. The maximum Gasteiger partial charge on any atom is 0.243 e. The van der Waals surface area contributed by atoms with Crippen LogP contribution in [0.15, 0.2) is 36.9 Å². The molecular formula is C41H60F4N6O5. The van der Waals surface area contributed by atoms with Crippen molar-refractivity contribution in [2.75, 3.05) is 13.1 Å². The third-order valence-corrected chi connectivity index (χ3v) is 9.60. The molecule has 7 N–H and O–H groups in total. The van der Waals surface area contributed by atoms with Crippen LogP contribution in [0, 0.1) is 41.0 Å². The molecule has 4 amide bonds. The van der Waals surface area contributed by atoms with Crippen molar-refractivity contribution in [3.8, 4) is 5.75 Å². The summed E-state index contributed by atoms with van der Waals surface area (Å²) in [7, 11) is 0. The Kier molecular flexibility index (Phi) is 19.3. The molecule has 0 saturated heterocycles. The van der Waals surface area contributed by atoms with Gasteiger partial charge in [-0.1, -0.05) is 91.8 Å². The molecule has 0 heterocycles. The highest BCUT2D eigenvalue weighted by Crippen LogP contribution is 2.32. The molecule has 2 rings (SSSR count). The Morgan fingerprint density at radius 3 is 1.82 bits per heavy atom. The van der Waals surface area contributed by atoms with Crippen molar-refractivity contribution in [2.45, 2.75) is 118 Å². The number of likely N-dealkylation sites (N-methyl/N-ethyl adjacent to an activating group) is 1. The summed E-state index contributed by atoms with van der Waals surface area (Å²) in [6.45, 7) is 18.8. The molecule has 11 nitrogen and oxygen atoms in total. The van der Waals surface area contributed by atoms with E-state index in [1.165, 1.54) is 0 Å². The molecule has 0 aromatic heterocycles. The van der Waals surface area contributed by atoms with Gasteiger partial charge in [-0.3, -0.25) is 19.2 Å². The van der Waals surface area contributed by atoms with E-state index in [0.29, 0.717) is 32.2 Å². The number of phenolic OH excluding ortho intramolecular Hbond substituents is 1. The first-order valence-electron chi connectivity index (χ1n) is 19.3. The van der Waals surface area contributed by atoms with Crippen LogP contribution in [-0.4, -0.2) is 72.0 Å². The van der Waals surface area contributed by atoms with Gasteiger partial charge in [-0.25, -0.2) is 8.78 Å². The molecule has 0 bridgehead atoms. The van der Waals surface area contributed by atoms with Crippen molar-refractivity contribution >= 4 is 29.3 Å². The standard InChI is InChI=1S/C41H60F4N6O5/c1-10-24(8)36(48-25(9)30-31(42)33(44)37(52)34(45)32(30)43)41(56)50-29(19-18-26-16-14-13-15-17-26)39(54)49-27(20-22(4)5)21-47-28(11-2)38(53)51-35(23(6)7)40(55)46-12-3/h13-17,22-24,27-29,35-36,47-48,52H,9-12,18-21H2,1-8H3,(H,46,55)(H,49,54)(H,50,56)(H,51,53)/t24-,27-,28-,29-,35-,36-/m0/s1. The second-order valence-corrected chi connectivity index (χ2v) is 14.9. The van der Waals surface area contributed by atoms with E-state index in [0.717, 1.165) is 5.56 Å². The van der Waals surface area contributed by atoms with Gasteiger partial charge < -0.3 is 37.0 Å². The van der Waals surface area contributed by atoms with Gasteiger partial charge in [0.05, 0.1) is 11.6 Å². The molecule has 0 saturated carbocycles. The molecule has 0 aliphatic rings. The number of nitrogens with one attached hydrogen (secondary N) is 6. The fourth-order valence-electron chi connectivity index (χ4n) is 6.18. The fourth-order valence-corrected chi connectivity index (χ4v) is 6.18. The molecule has 312 valence electrons. The number of aromatic hydroxyl groups is 1. The maximum absolute atomic E-state index is 14.8. The first-order chi connectivity index (χ1) is 26.4. The van der Waals surface area contributed by atoms with Crippen molar-refractivity contribution in [2.24, 2.45) is 17.8 Å². The van der Waals surface area contributed by atoms with E-state index in [4.69, 9.17) is 0 Å². The van der Waals surface area contributed by atoms with Crippen molar-refractivity contribution in [3.05, 3.63) is 71.3 Å². The van der Waals surface area contributed by atoms with Crippen LogP contribution in [0.2, 0.25) is 0 Å². The number of halogens is 4. The third kappa shape index (κ3) is 13.5. The van der Waals surface area contributed by atoms with Gasteiger partial charge in [0, 0.05) is 24.8 Å². The summed E-state index contributed by atoms with van der Waals surface area (Å²) in [5.41, 5.74) is -0.965. The van der Waals surface area contributed by atoms with Crippen LogP contribution >= 0.6 is 0 Å². The second kappa shape index (κ2) is 22.8. The number of hydrogen-bond acceptors (Lipinski definition) is 7. The summed E-state index contributed by atoms with van der Waals surface area (Å²) in [6, 6.07) is 5.02. The van der Waals surface area contributed by atoms with E-state index >= 15 is 0 Å². The first kappa shape index (κ1) is 47.5. The molecule has 2 aromatic rings. The summed E-state index contributed by atoms with van der Waals surface area (Å²) >= 11 is 0. The number of aryl methyl sites for hydroxylation is 1. The minimum absolute atomic E-state index is 0.122. The van der Waals surface area contributed by atoms with Crippen molar-refractivity contribution < 1.29 is 41.8 Å². The average molecular weight is 793 g/mol. The van der Waals surface area contributed by atoms with Gasteiger partial charge in [-0.15, -0.1) is 0 Å². The van der Waals surface area contributed by atoms with E-state index in [1.54, 1.807) is 20.8 Å². The minimum Gasteiger partial charge on any atom is -0.503 e. The van der Waals surface area contributed by atoms with Crippen LogP contribution in [0.1, 0.15) is 92.2 Å². The van der Waals surface area contributed by atoms with E-state index in [-0.39, 0.29) is 36.6 Å². The van der Waals surface area contributed by atoms with E-state index in [1.807, 2.05) is 65.0 Å². The quantitative estimate of drug-likeness (QED) is 0.0601. The van der Waals surface area contributed by atoms with Crippen LogP contribution in [0.3, 0.4) is 0 Å². The lowest BCUT2D eigenvalue weighted by Crippen LogP contribution is -2.58. The summed E-state index contributed by atoms with van der Waals surface area (Å²) in [5, 5.41) is 26.7. The van der Waals surface area contributed by atoms with Crippen LogP contribution in [0.4, 0.5) is 17.6 Å². The Bertz CT molecular complexity index is 1610. The molecule has 0 aliphatic heterocycles. The number of amides is 4. The summed E-state index contributed by atoms with van der Waals surface area (Å²) in [4.78, 5) is 53.9. The van der Waals surface area contributed by atoms with Gasteiger partial charge in [-0.05, 0) is 55.9 Å². The molecule has 56 heavy (non-hydrogen) atoms. The van der Waals surface area contributed by atoms with E-state index in [2.05, 4.69) is 38.5 Å². The molecule has 0 radical (unpaired) electrons. The van der Waals surface area contributed by atoms with Crippen LogP contribution in [-0.2, 0) is 25.6 Å². The summed E-state index contributed by atoms with van der Waals surface area (Å²) in [6.07, 6.45) is 1.83. The lowest BCUT2D eigenvalue weighted by Gasteiger charge is -2.30. The Morgan fingerprint density at radius 1 is 0.714 bits per heavy atom. The molecule has 0 unspecified atom stereocenters. The Hall–Kier alpha value is -4.66. The molecule has 6 atom stereocenters. The summed E-state index contributed by atoms with van der Waals surface area (Å²) in [5.74, 6) is -12.1. The number of hydrogen-bond donors (Lipinski definition) is 7. The van der Waals surface area contributed by atoms with Gasteiger partial charge in [0.25, 0.3) is 0 Å². The molecule has 0 spiro atoms. The van der Waals surface area contributed by atoms with Crippen molar-refractivity contribution in [1.29, 1.82) is 0 Å². The Labute approximate surface area is 328 Å². The van der Waals surface area contributed by atoms with Gasteiger partial charge >= 0.3 is 0 Å². The number of carbonyl (C=O) groups excluding carboxylic acids is 4. The molecular weight excluding hydrogens is 732 g/mol. The Balaban J connectivity index is 2.35. The monoisotopic (exact) mass is 792 g/mol. The SMILES string of the molecule is C=C(N[C@H](C(=O)N[C@@H](CCc1ccccc1)C(=O)N[C@H](CN[C@@H](CC)C(=O)N[C@H](C(=O)NCC)C(C)C)CC(C)C)[C@@H](C)CC)c1c(F)c(F)c(O)c(F)c1F. The lowest BCUT2D eigenvalue weighted by molar-refractivity contribution is -0.131. The maximum atomic E-state index is 14.8. The fraction of sp³-hybridized carbons (Fsp3) is 0.561. The predicted molar refractivity (Wildman–Crippen MR) is 209 cm³/mol. The van der Waals surface area contributed by atoms with Crippen LogP contribution in [0.25, 0.3) is 5.70 Å². The predicted octanol–water partition coefficient (Wildman–Crippen LogP) is 5.22. The zero-order chi connectivity index (χ0) is 42.3. The van der Waals surface area contributed by atoms with E-state index < -0.39 is 88.2 Å². The van der Waals surface area contributed by atoms with Crippen molar-refractivity contribution in [1.82, 2.24) is 31.9 Å². The zero-order valence-electron chi connectivity index (χ0n) is 33.8. The topological polar surface area (TPSA) is 161 Å². The Morgan fingerprint density at radius 2 is 1.30 bits per heavy atom. The molecule has 15 heteroatoms. The highest BCUT2D eigenvalue weighted by atomic mass is 19.2. The number of benzene rings is 2.